The average Bonchev–Trinajstić information content (AvgIpc) is 2.45. The van der Waals surface area contributed by atoms with Gasteiger partial charge in [-0.1, -0.05) is 6.08 Å². The number of rotatable bonds is 4. The van der Waals surface area contributed by atoms with Crippen molar-refractivity contribution in [2.75, 3.05) is 24.5 Å². The number of amides is 1. The molecule has 5 nitrogen and oxygen atoms in total. The monoisotopic (exact) mass is 260 g/mol. The Kier molecular flexibility index (Phi) is 4.49. The van der Waals surface area contributed by atoms with E-state index in [-0.39, 0.29) is 11.8 Å². The van der Waals surface area contributed by atoms with Crippen LogP contribution in [0.1, 0.15) is 18.5 Å². The number of nitrogens with zero attached hydrogens (tertiary/aromatic N) is 3. The minimum atomic E-state index is 0.0248. The van der Waals surface area contributed by atoms with E-state index in [2.05, 4.69) is 27.0 Å². The lowest BCUT2D eigenvalue weighted by molar-refractivity contribution is -0.125. The van der Waals surface area contributed by atoms with Gasteiger partial charge in [0.25, 0.3) is 0 Å². The second-order valence-corrected chi connectivity index (χ2v) is 4.85. The molecule has 2 rings (SSSR count). The van der Waals surface area contributed by atoms with Crippen LogP contribution in [0.2, 0.25) is 0 Å². The van der Waals surface area contributed by atoms with Gasteiger partial charge in [0.05, 0.1) is 11.6 Å². The van der Waals surface area contributed by atoms with E-state index in [1.54, 1.807) is 6.08 Å². The molecule has 1 atom stereocenters. The molecule has 2 heterocycles. The van der Waals surface area contributed by atoms with Crippen molar-refractivity contribution in [3.05, 3.63) is 30.5 Å². The van der Waals surface area contributed by atoms with Crippen molar-refractivity contribution in [1.82, 2.24) is 15.5 Å². The van der Waals surface area contributed by atoms with Gasteiger partial charge in [-0.25, -0.2) is 0 Å². The lowest BCUT2D eigenvalue weighted by Crippen LogP contribution is -2.43. The fourth-order valence-electron chi connectivity index (χ4n) is 2.28. The van der Waals surface area contributed by atoms with E-state index in [9.17, 15) is 4.79 Å². The molecule has 1 amide bonds. The van der Waals surface area contributed by atoms with Gasteiger partial charge >= 0.3 is 0 Å². The summed E-state index contributed by atoms with van der Waals surface area (Å²) in [6, 6.07) is 3.91. The van der Waals surface area contributed by atoms with E-state index in [0.717, 1.165) is 30.9 Å². The number of nitrogens with one attached hydrogen (secondary N) is 1. The van der Waals surface area contributed by atoms with Crippen molar-refractivity contribution in [2.24, 2.45) is 5.92 Å². The van der Waals surface area contributed by atoms with Crippen molar-refractivity contribution >= 4 is 11.7 Å². The summed E-state index contributed by atoms with van der Waals surface area (Å²) in [5.74, 6) is 0.980. The third-order valence-electron chi connectivity index (χ3n) is 3.32. The van der Waals surface area contributed by atoms with Crippen LogP contribution in [0.4, 0.5) is 5.82 Å². The van der Waals surface area contributed by atoms with Crippen LogP contribution >= 0.6 is 0 Å². The molecule has 1 N–H and O–H groups in total. The molecule has 0 bridgehead atoms. The Labute approximate surface area is 113 Å². The van der Waals surface area contributed by atoms with E-state index in [1.165, 1.54) is 0 Å². The zero-order valence-corrected chi connectivity index (χ0v) is 11.3. The van der Waals surface area contributed by atoms with Crippen molar-refractivity contribution < 1.29 is 4.79 Å². The van der Waals surface area contributed by atoms with Crippen LogP contribution in [0.5, 0.6) is 0 Å². The largest absolute Gasteiger partial charge is 0.354 e. The Morgan fingerprint density at radius 1 is 1.58 bits per heavy atom. The highest BCUT2D eigenvalue weighted by Gasteiger charge is 2.26. The smallest absolute Gasteiger partial charge is 0.225 e. The molecule has 1 aromatic heterocycles. The minimum absolute atomic E-state index is 0.0248. The van der Waals surface area contributed by atoms with Crippen molar-refractivity contribution in [1.29, 1.82) is 0 Å². The van der Waals surface area contributed by atoms with Gasteiger partial charge in [0.15, 0.2) is 5.82 Å². The summed E-state index contributed by atoms with van der Waals surface area (Å²) in [5.41, 5.74) is 0.904. The summed E-state index contributed by atoms with van der Waals surface area (Å²) in [6.45, 7) is 7.69. The maximum Gasteiger partial charge on any atom is 0.225 e. The number of hydrogen-bond donors (Lipinski definition) is 1. The van der Waals surface area contributed by atoms with Gasteiger partial charge in [0, 0.05) is 19.6 Å². The Hall–Kier alpha value is -1.91. The van der Waals surface area contributed by atoms with Crippen LogP contribution in [-0.4, -0.2) is 35.7 Å². The maximum absolute atomic E-state index is 12.0. The molecule has 0 radical (unpaired) electrons. The van der Waals surface area contributed by atoms with E-state index >= 15 is 0 Å². The van der Waals surface area contributed by atoms with Gasteiger partial charge in [-0.15, -0.1) is 11.7 Å². The number of carbonyl (C=O) groups is 1. The fourth-order valence-corrected chi connectivity index (χ4v) is 2.28. The Bertz CT molecular complexity index is 443. The van der Waals surface area contributed by atoms with E-state index < -0.39 is 0 Å². The molecule has 102 valence electrons. The Balaban J connectivity index is 1.98. The SMILES string of the molecule is C=CCNC(=O)C1CCCN(c2ccc(C)nn2)C1. The molecule has 1 unspecified atom stereocenters. The zero-order chi connectivity index (χ0) is 13.7. The molecule has 1 saturated heterocycles. The quantitative estimate of drug-likeness (QED) is 0.829. The topological polar surface area (TPSA) is 58.1 Å². The average molecular weight is 260 g/mol. The highest BCUT2D eigenvalue weighted by atomic mass is 16.1. The predicted molar refractivity (Wildman–Crippen MR) is 74.9 cm³/mol. The predicted octanol–water partition coefficient (Wildman–Crippen LogP) is 1.30. The molecule has 5 heteroatoms. The summed E-state index contributed by atoms with van der Waals surface area (Å²) >= 11 is 0. The number of hydrogen-bond acceptors (Lipinski definition) is 4. The molecule has 0 aromatic carbocycles. The maximum atomic E-state index is 12.0. The fraction of sp³-hybridized carbons (Fsp3) is 0.500. The third-order valence-corrected chi connectivity index (χ3v) is 3.32. The summed E-state index contributed by atoms with van der Waals surface area (Å²) in [6.07, 6.45) is 3.63. The van der Waals surface area contributed by atoms with Crippen molar-refractivity contribution in [3.63, 3.8) is 0 Å². The second kappa shape index (κ2) is 6.31. The number of aryl methyl sites for hydroxylation is 1. The first-order valence-electron chi connectivity index (χ1n) is 6.64. The molecule has 1 aliphatic rings. The van der Waals surface area contributed by atoms with Gasteiger partial charge in [-0.3, -0.25) is 4.79 Å². The number of piperidine rings is 1. The standard InChI is InChI=1S/C14H20N4O/c1-3-8-15-14(19)12-5-4-9-18(10-12)13-7-6-11(2)16-17-13/h3,6-7,12H,1,4-5,8-10H2,2H3,(H,15,19). The molecule has 0 aliphatic carbocycles. The van der Waals surface area contributed by atoms with Crippen LogP contribution in [0.15, 0.2) is 24.8 Å². The Morgan fingerprint density at radius 2 is 2.42 bits per heavy atom. The number of aromatic nitrogens is 2. The molecule has 1 fully saturated rings. The van der Waals surface area contributed by atoms with Gasteiger partial charge in [-0.2, -0.15) is 5.10 Å². The summed E-state index contributed by atoms with van der Waals surface area (Å²) in [4.78, 5) is 14.1. The summed E-state index contributed by atoms with van der Waals surface area (Å²) in [7, 11) is 0. The molecule has 0 saturated carbocycles. The molecular weight excluding hydrogens is 240 g/mol. The van der Waals surface area contributed by atoms with Crippen LogP contribution in [0, 0.1) is 12.8 Å². The van der Waals surface area contributed by atoms with Crippen LogP contribution in [0.3, 0.4) is 0 Å². The van der Waals surface area contributed by atoms with E-state index in [4.69, 9.17) is 0 Å². The molecule has 1 aliphatic heterocycles. The van der Waals surface area contributed by atoms with Crippen LogP contribution in [0.25, 0.3) is 0 Å². The molecular formula is C14H20N4O. The first-order valence-corrected chi connectivity index (χ1v) is 6.64. The van der Waals surface area contributed by atoms with Gasteiger partial charge in [0.2, 0.25) is 5.91 Å². The number of carbonyl (C=O) groups excluding carboxylic acids is 1. The first-order chi connectivity index (χ1) is 9.20. The third kappa shape index (κ3) is 3.53. The summed E-state index contributed by atoms with van der Waals surface area (Å²) < 4.78 is 0. The van der Waals surface area contributed by atoms with Gasteiger partial charge in [-0.05, 0) is 31.9 Å². The molecule has 0 spiro atoms. The molecule has 1 aromatic rings. The molecule has 19 heavy (non-hydrogen) atoms. The van der Waals surface area contributed by atoms with Crippen molar-refractivity contribution in [3.8, 4) is 0 Å². The first kappa shape index (κ1) is 13.5. The Morgan fingerprint density at radius 3 is 3.11 bits per heavy atom. The van der Waals surface area contributed by atoms with Crippen LogP contribution < -0.4 is 10.2 Å². The van der Waals surface area contributed by atoms with E-state index in [0.29, 0.717) is 13.1 Å². The minimum Gasteiger partial charge on any atom is -0.354 e. The lowest BCUT2D eigenvalue weighted by atomic mass is 9.97. The highest BCUT2D eigenvalue weighted by molar-refractivity contribution is 5.79. The van der Waals surface area contributed by atoms with E-state index in [1.807, 2.05) is 19.1 Å². The summed E-state index contributed by atoms with van der Waals surface area (Å²) in [5, 5.41) is 11.1. The van der Waals surface area contributed by atoms with Crippen LogP contribution in [-0.2, 0) is 4.79 Å². The number of anilines is 1. The zero-order valence-electron chi connectivity index (χ0n) is 11.3. The second-order valence-electron chi connectivity index (χ2n) is 4.85. The lowest BCUT2D eigenvalue weighted by Gasteiger charge is -2.32. The normalized spacial score (nSPS) is 19.0. The van der Waals surface area contributed by atoms with Crippen molar-refractivity contribution in [2.45, 2.75) is 19.8 Å². The highest BCUT2D eigenvalue weighted by Crippen LogP contribution is 2.21. The van der Waals surface area contributed by atoms with Gasteiger partial charge in [0.1, 0.15) is 0 Å². The van der Waals surface area contributed by atoms with Gasteiger partial charge < -0.3 is 10.2 Å².